The third-order valence-corrected chi connectivity index (χ3v) is 4.67. The van der Waals surface area contributed by atoms with Crippen molar-refractivity contribution >= 4 is 12.6 Å². The van der Waals surface area contributed by atoms with Gasteiger partial charge in [0.15, 0.2) is 0 Å². The number of hydrogen-bond acceptors (Lipinski definition) is 5. The maximum absolute atomic E-state index is 9.34. The Morgan fingerprint density at radius 1 is 1.29 bits per heavy atom. The zero-order chi connectivity index (χ0) is 14.8. The molecule has 2 heterocycles. The average Bonchev–Trinajstić information content (AvgIpc) is 2.94. The van der Waals surface area contributed by atoms with Gasteiger partial charge in [0.2, 0.25) is 0 Å². The summed E-state index contributed by atoms with van der Waals surface area (Å²) < 4.78 is 5.41. The Morgan fingerprint density at radius 2 is 2.14 bits per heavy atom. The minimum atomic E-state index is -1.43. The van der Waals surface area contributed by atoms with Crippen molar-refractivity contribution in [2.24, 2.45) is 0 Å². The smallest absolute Gasteiger partial charge is 0.488 e. The molecule has 0 aliphatic carbocycles. The van der Waals surface area contributed by atoms with E-state index in [1.807, 2.05) is 12.1 Å². The molecule has 2 saturated heterocycles. The zero-order valence-electron chi connectivity index (χ0n) is 12.5. The highest BCUT2D eigenvalue weighted by atomic mass is 16.5. The molecule has 2 N–H and O–H groups in total. The van der Waals surface area contributed by atoms with E-state index in [9.17, 15) is 10.0 Å². The quantitative estimate of drug-likeness (QED) is 0.743. The van der Waals surface area contributed by atoms with Gasteiger partial charge in [-0.2, -0.15) is 0 Å². The number of fused-ring (bicyclic) bond motifs is 1. The van der Waals surface area contributed by atoms with Crippen molar-refractivity contribution in [2.45, 2.75) is 25.4 Å². The Morgan fingerprint density at radius 3 is 2.90 bits per heavy atom. The molecule has 0 saturated carbocycles. The summed E-state index contributed by atoms with van der Waals surface area (Å²) in [6.07, 6.45) is 2.61. The van der Waals surface area contributed by atoms with Crippen molar-refractivity contribution in [1.82, 2.24) is 9.80 Å². The first-order chi connectivity index (χ1) is 10.2. The molecule has 0 bridgehead atoms. The molecule has 3 rings (SSSR count). The summed E-state index contributed by atoms with van der Waals surface area (Å²) in [5.41, 5.74) is 1.54. The van der Waals surface area contributed by atoms with Crippen LogP contribution < -0.4 is 10.2 Å². The molecule has 0 aromatic heterocycles. The second kappa shape index (κ2) is 6.36. The molecule has 6 heteroatoms. The number of benzene rings is 1. The highest BCUT2D eigenvalue weighted by Gasteiger charge is 2.30. The lowest BCUT2D eigenvalue weighted by Gasteiger charge is -2.37. The molecule has 1 aromatic carbocycles. The second-order valence-corrected chi connectivity index (χ2v) is 6.01. The molecule has 1 aromatic rings. The van der Waals surface area contributed by atoms with Crippen LogP contribution in [-0.4, -0.2) is 66.3 Å². The van der Waals surface area contributed by atoms with Crippen molar-refractivity contribution in [3.05, 3.63) is 23.8 Å². The van der Waals surface area contributed by atoms with Crippen molar-refractivity contribution in [2.75, 3.05) is 33.3 Å². The minimum absolute atomic E-state index is 0.519. The van der Waals surface area contributed by atoms with Crippen LogP contribution in [0.1, 0.15) is 18.4 Å². The third kappa shape index (κ3) is 3.24. The predicted octanol–water partition coefficient (Wildman–Crippen LogP) is -0.345. The van der Waals surface area contributed by atoms with Gasteiger partial charge in [-0.05, 0) is 30.9 Å². The zero-order valence-corrected chi connectivity index (χ0v) is 12.5. The van der Waals surface area contributed by atoms with E-state index in [4.69, 9.17) is 4.74 Å². The highest BCUT2D eigenvalue weighted by molar-refractivity contribution is 6.58. The van der Waals surface area contributed by atoms with Gasteiger partial charge in [0.25, 0.3) is 0 Å². The van der Waals surface area contributed by atoms with Gasteiger partial charge in [0, 0.05) is 37.8 Å². The van der Waals surface area contributed by atoms with Crippen molar-refractivity contribution in [3.8, 4) is 5.75 Å². The van der Waals surface area contributed by atoms with Gasteiger partial charge in [-0.1, -0.05) is 12.1 Å². The van der Waals surface area contributed by atoms with E-state index >= 15 is 0 Å². The van der Waals surface area contributed by atoms with Crippen LogP contribution in [0, 0.1) is 0 Å². The molecule has 0 radical (unpaired) electrons. The lowest BCUT2D eigenvalue weighted by Crippen LogP contribution is -2.49. The minimum Gasteiger partial charge on any atom is -0.496 e. The van der Waals surface area contributed by atoms with E-state index < -0.39 is 7.12 Å². The van der Waals surface area contributed by atoms with E-state index in [1.165, 1.54) is 19.4 Å². The van der Waals surface area contributed by atoms with E-state index in [1.54, 1.807) is 13.2 Å². The van der Waals surface area contributed by atoms with Gasteiger partial charge < -0.3 is 14.8 Å². The van der Waals surface area contributed by atoms with Crippen molar-refractivity contribution < 1.29 is 14.8 Å². The van der Waals surface area contributed by atoms with Gasteiger partial charge in [-0.3, -0.25) is 9.80 Å². The number of piperazine rings is 1. The number of hydrogen-bond donors (Lipinski definition) is 2. The molecule has 1 atom stereocenters. The summed E-state index contributed by atoms with van der Waals surface area (Å²) >= 11 is 0. The van der Waals surface area contributed by atoms with Gasteiger partial charge in [0.05, 0.1) is 7.11 Å². The molecular formula is C15H23BN2O3. The standard InChI is InChI=1S/C15H23BN2O3/c1-21-15-5-4-13(16(19)20)9-12(15)10-17-7-8-18-6-2-3-14(18)11-17/h4-5,9,14,19-20H,2-3,6-8,10-11H2,1H3. The van der Waals surface area contributed by atoms with E-state index in [0.717, 1.165) is 37.5 Å². The highest BCUT2D eigenvalue weighted by Crippen LogP contribution is 2.24. The maximum atomic E-state index is 9.34. The van der Waals surface area contributed by atoms with Crippen molar-refractivity contribution in [1.29, 1.82) is 0 Å². The van der Waals surface area contributed by atoms with Gasteiger partial charge in [-0.25, -0.2) is 0 Å². The summed E-state index contributed by atoms with van der Waals surface area (Å²) in [5.74, 6) is 0.813. The fraction of sp³-hybridized carbons (Fsp3) is 0.600. The topological polar surface area (TPSA) is 56.2 Å². The molecule has 114 valence electrons. The lowest BCUT2D eigenvalue weighted by atomic mass is 9.79. The van der Waals surface area contributed by atoms with Crippen LogP contribution in [0.2, 0.25) is 0 Å². The largest absolute Gasteiger partial charge is 0.496 e. The lowest BCUT2D eigenvalue weighted by molar-refractivity contribution is 0.0987. The fourth-order valence-electron chi connectivity index (χ4n) is 3.52. The average molecular weight is 290 g/mol. The Balaban J connectivity index is 1.72. The first kappa shape index (κ1) is 14.8. The molecule has 0 spiro atoms. The Bertz CT molecular complexity index is 498. The third-order valence-electron chi connectivity index (χ3n) is 4.67. The van der Waals surface area contributed by atoms with E-state index in [-0.39, 0.29) is 0 Å². The molecule has 21 heavy (non-hydrogen) atoms. The Labute approximate surface area is 126 Å². The van der Waals surface area contributed by atoms with Crippen LogP contribution in [0.5, 0.6) is 5.75 Å². The van der Waals surface area contributed by atoms with E-state index in [2.05, 4.69) is 9.80 Å². The molecule has 2 fully saturated rings. The second-order valence-electron chi connectivity index (χ2n) is 6.01. The molecule has 2 aliphatic rings. The Kier molecular flexibility index (Phi) is 4.49. The normalized spacial score (nSPS) is 23.1. The van der Waals surface area contributed by atoms with Crippen molar-refractivity contribution in [3.63, 3.8) is 0 Å². The first-order valence-electron chi connectivity index (χ1n) is 7.66. The first-order valence-corrected chi connectivity index (χ1v) is 7.66. The van der Waals surface area contributed by atoms with Crippen LogP contribution in [0.4, 0.5) is 0 Å². The van der Waals surface area contributed by atoms with Crippen LogP contribution in [0.15, 0.2) is 18.2 Å². The SMILES string of the molecule is COc1ccc(B(O)O)cc1CN1CCN2CCCC2C1. The van der Waals surface area contributed by atoms with Crippen LogP contribution >= 0.6 is 0 Å². The molecular weight excluding hydrogens is 267 g/mol. The number of rotatable bonds is 4. The van der Waals surface area contributed by atoms with Gasteiger partial charge in [0.1, 0.15) is 5.75 Å². The summed E-state index contributed by atoms with van der Waals surface area (Å²) in [6, 6.07) is 6.04. The monoisotopic (exact) mass is 290 g/mol. The molecule has 1 unspecified atom stereocenters. The predicted molar refractivity (Wildman–Crippen MR) is 82.7 cm³/mol. The molecule has 2 aliphatic heterocycles. The number of ether oxygens (including phenoxy) is 1. The fourth-order valence-corrected chi connectivity index (χ4v) is 3.52. The van der Waals surface area contributed by atoms with Crippen LogP contribution in [-0.2, 0) is 6.54 Å². The number of nitrogens with zero attached hydrogens (tertiary/aromatic N) is 2. The van der Waals surface area contributed by atoms with Crippen LogP contribution in [0.25, 0.3) is 0 Å². The van der Waals surface area contributed by atoms with Gasteiger partial charge in [-0.15, -0.1) is 0 Å². The number of methoxy groups -OCH3 is 1. The van der Waals surface area contributed by atoms with E-state index in [0.29, 0.717) is 11.5 Å². The summed E-state index contributed by atoms with van der Waals surface area (Å²) in [5, 5.41) is 18.7. The van der Waals surface area contributed by atoms with Crippen LogP contribution in [0.3, 0.4) is 0 Å². The molecule has 0 amide bonds. The summed E-state index contributed by atoms with van der Waals surface area (Å²) in [7, 11) is 0.226. The summed E-state index contributed by atoms with van der Waals surface area (Å²) in [6.45, 7) is 5.33. The van der Waals surface area contributed by atoms with Gasteiger partial charge >= 0.3 is 7.12 Å². The maximum Gasteiger partial charge on any atom is 0.488 e. The summed E-state index contributed by atoms with van der Waals surface area (Å²) in [4.78, 5) is 5.03. The molecule has 5 nitrogen and oxygen atoms in total. The Hall–Kier alpha value is -1.08.